The number of benzene rings is 2. The maximum atomic E-state index is 5.22. The van der Waals surface area contributed by atoms with Crippen molar-refractivity contribution in [2.24, 2.45) is 0 Å². The lowest BCUT2D eigenvalue weighted by Gasteiger charge is -2.18. The van der Waals surface area contributed by atoms with E-state index >= 15 is 0 Å². The maximum absolute atomic E-state index is 5.22. The highest BCUT2D eigenvalue weighted by molar-refractivity contribution is 5.62. The van der Waals surface area contributed by atoms with Crippen LogP contribution in [0.15, 0.2) is 60.7 Å². The predicted octanol–water partition coefficient (Wildman–Crippen LogP) is 4.36. The standard InChI is InChI=1S/C22H24N4O/c1-27-19-11-9-17(10-12-19)16-23-20-15-21(26-13-5-6-14-26)25-22(24-20)18-7-3-2-4-8-18/h2-4,7-12,15H,5-6,13-14,16H2,1H3,(H,23,24,25). The topological polar surface area (TPSA) is 50.3 Å². The summed E-state index contributed by atoms with van der Waals surface area (Å²) in [6.45, 7) is 2.82. The van der Waals surface area contributed by atoms with E-state index in [2.05, 4.69) is 40.5 Å². The van der Waals surface area contributed by atoms with Crippen LogP contribution in [0.2, 0.25) is 0 Å². The molecule has 138 valence electrons. The number of hydrogen-bond donors (Lipinski definition) is 1. The van der Waals surface area contributed by atoms with E-state index in [-0.39, 0.29) is 0 Å². The van der Waals surface area contributed by atoms with E-state index in [9.17, 15) is 0 Å². The van der Waals surface area contributed by atoms with Crippen LogP contribution in [-0.4, -0.2) is 30.2 Å². The molecule has 2 heterocycles. The van der Waals surface area contributed by atoms with Gasteiger partial charge in [0.1, 0.15) is 17.4 Å². The lowest BCUT2D eigenvalue weighted by atomic mass is 10.2. The summed E-state index contributed by atoms with van der Waals surface area (Å²) >= 11 is 0. The highest BCUT2D eigenvalue weighted by Crippen LogP contribution is 2.25. The first-order valence-electron chi connectivity index (χ1n) is 9.38. The fraction of sp³-hybridized carbons (Fsp3) is 0.273. The van der Waals surface area contributed by atoms with Crippen LogP contribution in [0, 0.1) is 0 Å². The van der Waals surface area contributed by atoms with Gasteiger partial charge in [0, 0.05) is 31.3 Å². The van der Waals surface area contributed by atoms with Crippen molar-refractivity contribution >= 4 is 11.6 Å². The minimum absolute atomic E-state index is 0.703. The Morgan fingerprint density at radius 3 is 2.41 bits per heavy atom. The molecule has 1 aliphatic rings. The normalized spacial score (nSPS) is 13.6. The van der Waals surface area contributed by atoms with Crippen molar-refractivity contribution in [3.05, 3.63) is 66.2 Å². The minimum atomic E-state index is 0.703. The number of methoxy groups -OCH3 is 1. The van der Waals surface area contributed by atoms with Crippen LogP contribution in [0.1, 0.15) is 18.4 Å². The molecule has 3 aromatic rings. The SMILES string of the molecule is COc1ccc(CNc2cc(N3CCCC3)nc(-c3ccccc3)n2)cc1. The Morgan fingerprint density at radius 2 is 1.70 bits per heavy atom. The van der Waals surface area contributed by atoms with E-state index in [1.165, 1.54) is 18.4 Å². The van der Waals surface area contributed by atoms with Crippen LogP contribution in [-0.2, 0) is 6.54 Å². The third-order valence-electron chi connectivity index (χ3n) is 4.81. The van der Waals surface area contributed by atoms with Crippen LogP contribution in [0.25, 0.3) is 11.4 Å². The Morgan fingerprint density at radius 1 is 0.963 bits per heavy atom. The van der Waals surface area contributed by atoms with E-state index < -0.39 is 0 Å². The number of nitrogens with one attached hydrogen (secondary N) is 1. The van der Waals surface area contributed by atoms with Gasteiger partial charge in [0.2, 0.25) is 0 Å². The first-order chi connectivity index (χ1) is 13.3. The molecule has 0 amide bonds. The molecule has 0 saturated carbocycles. The van der Waals surface area contributed by atoms with E-state index in [1.807, 2.05) is 30.3 Å². The molecule has 27 heavy (non-hydrogen) atoms. The quantitative estimate of drug-likeness (QED) is 0.708. The maximum Gasteiger partial charge on any atom is 0.163 e. The molecule has 1 aliphatic heterocycles. The second-order valence-electron chi connectivity index (χ2n) is 6.70. The monoisotopic (exact) mass is 360 g/mol. The molecule has 5 heteroatoms. The van der Waals surface area contributed by atoms with Crippen molar-refractivity contribution < 1.29 is 4.74 Å². The van der Waals surface area contributed by atoms with Gasteiger partial charge in [-0.05, 0) is 30.5 Å². The van der Waals surface area contributed by atoms with Crippen molar-refractivity contribution in [3.63, 3.8) is 0 Å². The van der Waals surface area contributed by atoms with Gasteiger partial charge in [-0.3, -0.25) is 0 Å². The van der Waals surface area contributed by atoms with Crippen molar-refractivity contribution in [2.75, 3.05) is 30.4 Å². The highest BCUT2D eigenvalue weighted by atomic mass is 16.5. The van der Waals surface area contributed by atoms with E-state index in [0.29, 0.717) is 6.54 Å². The smallest absolute Gasteiger partial charge is 0.163 e. The Balaban J connectivity index is 1.59. The fourth-order valence-electron chi connectivity index (χ4n) is 3.29. The van der Waals surface area contributed by atoms with Crippen molar-refractivity contribution in [3.8, 4) is 17.1 Å². The number of anilines is 2. The van der Waals surface area contributed by atoms with Crippen molar-refractivity contribution in [1.29, 1.82) is 0 Å². The van der Waals surface area contributed by atoms with Gasteiger partial charge in [-0.25, -0.2) is 9.97 Å². The predicted molar refractivity (Wildman–Crippen MR) is 109 cm³/mol. The van der Waals surface area contributed by atoms with Gasteiger partial charge in [0.15, 0.2) is 5.82 Å². The molecule has 1 aromatic heterocycles. The summed E-state index contributed by atoms with van der Waals surface area (Å²) in [5, 5.41) is 3.45. The van der Waals surface area contributed by atoms with E-state index in [4.69, 9.17) is 14.7 Å². The fourth-order valence-corrected chi connectivity index (χ4v) is 3.29. The van der Waals surface area contributed by atoms with Gasteiger partial charge in [0.05, 0.1) is 7.11 Å². The molecule has 0 bridgehead atoms. The molecule has 0 spiro atoms. The number of rotatable bonds is 6. The first-order valence-corrected chi connectivity index (χ1v) is 9.38. The van der Waals surface area contributed by atoms with Crippen LogP contribution < -0.4 is 15.0 Å². The summed E-state index contributed by atoms with van der Waals surface area (Å²) in [5.74, 6) is 3.47. The largest absolute Gasteiger partial charge is 0.497 e. The zero-order chi connectivity index (χ0) is 18.5. The molecular weight excluding hydrogens is 336 g/mol. The average molecular weight is 360 g/mol. The molecule has 0 radical (unpaired) electrons. The Bertz CT molecular complexity index is 875. The van der Waals surface area contributed by atoms with Crippen LogP contribution in [0.5, 0.6) is 5.75 Å². The third kappa shape index (κ3) is 4.19. The van der Waals surface area contributed by atoms with Gasteiger partial charge in [-0.1, -0.05) is 42.5 Å². The Kier molecular flexibility index (Phi) is 5.19. The van der Waals surface area contributed by atoms with Crippen LogP contribution >= 0.6 is 0 Å². The van der Waals surface area contributed by atoms with Crippen molar-refractivity contribution in [2.45, 2.75) is 19.4 Å². The number of aromatic nitrogens is 2. The van der Waals surface area contributed by atoms with Gasteiger partial charge in [0.25, 0.3) is 0 Å². The number of ether oxygens (including phenoxy) is 1. The van der Waals surface area contributed by atoms with Gasteiger partial charge in [-0.15, -0.1) is 0 Å². The third-order valence-corrected chi connectivity index (χ3v) is 4.81. The second-order valence-corrected chi connectivity index (χ2v) is 6.70. The minimum Gasteiger partial charge on any atom is -0.497 e. The average Bonchev–Trinajstić information content (AvgIpc) is 3.28. The molecule has 1 fully saturated rings. The molecule has 0 aliphatic carbocycles. The summed E-state index contributed by atoms with van der Waals surface area (Å²) in [7, 11) is 1.68. The second kappa shape index (κ2) is 8.08. The van der Waals surface area contributed by atoms with E-state index in [1.54, 1.807) is 7.11 Å². The summed E-state index contributed by atoms with van der Waals surface area (Å²) in [5.41, 5.74) is 2.21. The van der Waals surface area contributed by atoms with E-state index in [0.717, 1.165) is 41.9 Å². The number of nitrogens with zero attached hydrogens (tertiary/aromatic N) is 3. The summed E-state index contributed by atoms with van der Waals surface area (Å²) in [6.07, 6.45) is 2.44. The van der Waals surface area contributed by atoms with Crippen LogP contribution in [0.4, 0.5) is 11.6 Å². The molecule has 0 unspecified atom stereocenters. The summed E-state index contributed by atoms with van der Waals surface area (Å²) in [6, 6.07) is 20.3. The Hall–Kier alpha value is -3.08. The zero-order valence-electron chi connectivity index (χ0n) is 15.6. The summed E-state index contributed by atoms with van der Waals surface area (Å²) in [4.78, 5) is 11.9. The molecule has 1 saturated heterocycles. The molecule has 0 atom stereocenters. The molecule has 2 aromatic carbocycles. The summed E-state index contributed by atoms with van der Waals surface area (Å²) < 4.78 is 5.22. The first kappa shape index (κ1) is 17.3. The lowest BCUT2D eigenvalue weighted by molar-refractivity contribution is 0.414. The molecule has 5 nitrogen and oxygen atoms in total. The zero-order valence-corrected chi connectivity index (χ0v) is 15.6. The highest BCUT2D eigenvalue weighted by Gasteiger charge is 2.16. The van der Waals surface area contributed by atoms with Crippen LogP contribution in [0.3, 0.4) is 0 Å². The lowest BCUT2D eigenvalue weighted by Crippen LogP contribution is -2.20. The molecule has 4 rings (SSSR count). The van der Waals surface area contributed by atoms with Gasteiger partial charge in [-0.2, -0.15) is 0 Å². The Labute approximate surface area is 160 Å². The number of hydrogen-bond acceptors (Lipinski definition) is 5. The molecule has 1 N–H and O–H groups in total. The van der Waals surface area contributed by atoms with Crippen molar-refractivity contribution in [1.82, 2.24) is 9.97 Å². The van der Waals surface area contributed by atoms with Gasteiger partial charge >= 0.3 is 0 Å². The van der Waals surface area contributed by atoms with Gasteiger partial charge < -0.3 is 15.0 Å². The molecular formula is C22H24N4O.